The molecule has 0 unspecified atom stereocenters. The lowest BCUT2D eigenvalue weighted by atomic mass is 10.1. The van der Waals surface area contributed by atoms with E-state index >= 15 is 0 Å². The van der Waals surface area contributed by atoms with Gasteiger partial charge in [0, 0.05) is 23.3 Å². The van der Waals surface area contributed by atoms with Gasteiger partial charge in [-0.1, -0.05) is 12.1 Å². The largest absolute Gasteiger partial charge is 0.381 e. The third kappa shape index (κ3) is 1.92. The van der Waals surface area contributed by atoms with Crippen LogP contribution in [0.5, 0.6) is 0 Å². The van der Waals surface area contributed by atoms with Crippen LogP contribution < -0.4 is 16.4 Å². The fourth-order valence-electron chi connectivity index (χ4n) is 3.35. The monoisotopic (exact) mass is 271 g/mol. The van der Waals surface area contributed by atoms with Gasteiger partial charge in [0.15, 0.2) is 11.5 Å². The number of hydrogen-bond donors (Lipinski definition) is 3. The van der Waals surface area contributed by atoms with E-state index in [9.17, 15) is 0 Å². The predicted molar refractivity (Wildman–Crippen MR) is 76.1 cm³/mol. The highest BCUT2D eigenvalue weighted by molar-refractivity contribution is 5.70. The molecule has 0 radical (unpaired) electrons. The van der Waals surface area contributed by atoms with Gasteiger partial charge in [0.25, 0.3) is 0 Å². The summed E-state index contributed by atoms with van der Waals surface area (Å²) in [7, 11) is 0. The van der Waals surface area contributed by atoms with Gasteiger partial charge >= 0.3 is 0 Å². The number of benzene rings is 1. The van der Waals surface area contributed by atoms with E-state index in [0.29, 0.717) is 23.6 Å². The first-order chi connectivity index (χ1) is 9.79. The molecule has 2 bridgehead atoms. The number of nitrogens with one attached hydrogen (secondary N) is 2. The zero-order valence-corrected chi connectivity index (χ0v) is 11.0. The molecule has 1 aliphatic heterocycles. The molecule has 104 valence electrons. The van der Waals surface area contributed by atoms with Crippen molar-refractivity contribution < 1.29 is 4.63 Å². The standard InChI is InChI=1S/C14H17N5O/c15-14-13(18-20-19-14)9-1-3-10(4-2-9)17-12-6-8-5-11(12)16-7-8/h1-4,8,11-12,16-17H,5-7H2,(H2,15,19)/t8-,11-,12-/m1/s1. The van der Waals surface area contributed by atoms with Crippen LogP contribution in [-0.4, -0.2) is 28.9 Å². The van der Waals surface area contributed by atoms with Crippen molar-refractivity contribution in [1.29, 1.82) is 0 Å². The van der Waals surface area contributed by atoms with E-state index in [1.54, 1.807) is 0 Å². The summed E-state index contributed by atoms with van der Waals surface area (Å²) < 4.78 is 4.62. The first kappa shape index (κ1) is 11.7. The average Bonchev–Trinajstić information content (AvgIpc) is 3.16. The average molecular weight is 271 g/mol. The molecule has 4 rings (SSSR count). The maximum atomic E-state index is 5.69. The first-order valence-corrected chi connectivity index (χ1v) is 6.98. The van der Waals surface area contributed by atoms with E-state index in [1.807, 2.05) is 12.1 Å². The Labute approximate surface area is 116 Å². The number of nitrogens with zero attached hydrogens (tertiary/aromatic N) is 2. The molecule has 1 aromatic heterocycles. The van der Waals surface area contributed by atoms with Crippen molar-refractivity contribution in [3.8, 4) is 11.3 Å². The molecule has 2 aliphatic rings. The molecule has 2 heterocycles. The molecule has 6 nitrogen and oxygen atoms in total. The van der Waals surface area contributed by atoms with Crippen LogP contribution in [-0.2, 0) is 0 Å². The van der Waals surface area contributed by atoms with E-state index in [0.717, 1.165) is 17.2 Å². The summed E-state index contributed by atoms with van der Waals surface area (Å²) in [6.07, 6.45) is 2.57. The highest BCUT2D eigenvalue weighted by Crippen LogP contribution is 2.33. The van der Waals surface area contributed by atoms with Crippen LogP contribution in [0.3, 0.4) is 0 Å². The summed E-state index contributed by atoms with van der Waals surface area (Å²) >= 11 is 0. The highest BCUT2D eigenvalue weighted by Gasteiger charge is 2.39. The van der Waals surface area contributed by atoms with Crippen LogP contribution in [0.15, 0.2) is 28.9 Å². The molecule has 1 aromatic carbocycles. The van der Waals surface area contributed by atoms with Gasteiger partial charge < -0.3 is 16.4 Å². The van der Waals surface area contributed by atoms with Gasteiger partial charge in [-0.15, -0.1) is 0 Å². The van der Waals surface area contributed by atoms with Gasteiger partial charge in [-0.25, -0.2) is 4.63 Å². The molecule has 4 N–H and O–H groups in total. The van der Waals surface area contributed by atoms with E-state index in [4.69, 9.17) is 5.73 Å². The molecule has 1 saturated carbocycles. The maximum absolute atomic E-state index is 5.69. The van der Waals surface area contributed by atoms with Gasteiger partial charge in [0.2, 0.25) is 0 Å². The van der Waals surface area contributed by atoms with Crippen molar-refractivity contribution in [2.45, 2.75) is 24.9 Å². The first-order valence-electron chi connectivity index (χ1n) is 6.98. The number of aromatic nitrogens is 2. The Kier molecular flexibility index (Phi) is 2.63. The second kappa shape index (κ2) is 4.49. The quantitative estimate of drug-likeness (QED) is 0.783. The summed E-state index contributed by atoms with van der Waals surface area (Å²) in [5.41, 5.74) is 8.33. The van der Waals surface area contributed by atoms with Gasteiger partial charge in [-0.2, -0.15) is 0 Å². The maximum Gasteiger partial charge on any atom is 0.196 e. The molecule has 2 fully saturated rings. The van der Waals surface area contributed by atoms with E-state index in [1.165, 1.54) is 19.4 Å². The van der Waals surface area contributed by atoms with Crippen LogP contribution >= 0.6 is 0 Å². The Balaban J connectivity index is 1.49. The summed E-state index contributed by atoms with van der Waals surface area (Å²) in [5, 5.41) is 14.6. The van der Waals surface area contributed by atoms with Gasteiger partial charge in [0.1, 0.15) is 0 Å². The molecule has 6 heteroatoms. The molecular weight excluding hydrogens is 254 g/mol. The number of anilines is 2. The lowest BCUT2D eigenvalue weighted by Crippen LogP contribution is -2.41. The van der Waals surface area contributed by atoms with Crippen molar-refractivity contribution in [2.24, 2.45) is 5.92 Å². The van der Waals surface area contributed by atoms with Crippen molar-refractivity contribution in [3.05, 3.63) is 24.3 Å². The van der Waals surface area contributed by atoms with Crippen molar-refractivity contribution in [3.63, 3.8) is 0 Å². The predicted octanol–water partition coefficient (Wildman–Crippen LogP) is 1.48. The molecule has 1 saturated heterocycles. The molecule has 3 atom stereocenters. The number of hydrogen-bond acceptors (Lipinski definition) is 6. The second-order valence-electron chi connectivity index (χ2n) is 5.68. The number of piperidine rings is 1. The molecule has 20 heavy (non-hydrogen) atoms. The molecule has 1 aliphatic carbocycles. The molecule has 0 spiro atoms. The van der Waals surface area contributed by atoms with Crippen LogP contribution in [0.25, 0.3) is 11.3 Å². The summed E-state index contributed by atoms with van der Waals surface area (Å²) in [6, 6.07) is 9.23. The van der Waals surface area contributed by atoms with Crippen LogP contribution in [0, 0.1) is 5.92 Å². The number of fused-ring (bicyclic) bond motifs is 2. The van der Waals surface area contributed by atoms with Crippen molar-refractivity contribution in [1.82, 2.24) is 15.6 Å². The second-order valence-corrected chi connectivity index (χ2v) is 5.68. The summed E-state index contributed by atoms with van der Waals surface area (Å²) in [4.78, 5) is 0. The van der Waals surface area contributed by atoms with Gasteiger partial charge in [-0.05, 0) is 47.8 Å². The minimum Gasteiger partial charge on any atom is -0.381 e. The fraction of sp³-hybridized carbons (Fsp3) is 0.429. The third-order valence-electron chi connectivity index (χ3n) is 4.35. The molecule has 2 aromatic rings. The van der Waals surface area contributed by atoms with Gasteiger partial charge in [-0.3, -0.25) is 0 Å². The van der Waals surface area contributed by atoms with E-state index in [-0.39, 0.29) is 0 Å². The van der Waals surface area contributed by atoms with E-state index < -0.39 is 0 Å². The SMILES string of the molecule is Nc1nonc1-c1ccc(N[C@@H]2C[C@@H]3CN[C@@H]2C3)cc1. The molecular formula is C14H17N5O. The van der Waals surface area contributed by atoms with Crippen molar-refractivity contribution in [2.75, 3.05) is 17.6 Å². The summed E-state index contributed by atoms with van der Waals surface area (Å²) in [5.74, 6) is 1.17. The Bertz CT molecular complexity index is 608. The molecule has 0 amide bonds. The fourth-order valence-corrected chi connectivity index (χ4v) is 3.35. The smallest absolute Gasteiger partial charge is 0.196 e. The number of nitrogens with two attached hydrogens (primary N) is 1. The minimum atomic E-state index is 0.322. The number of rotatable bonds is 3. The van der Waals surface area contributed by atoms with E-state index in [2.05, 4.69) is 37.7 Å². The van der Waals surface area contributed by atoms with Crippen LogP contribution in [0.1, 0.15) is 12.8 Å². The van der Waals surface area contributed by atoms with Gasteiger partial charge in [0.05, 0.1) is 0 Å². The minimum absolute atomic E-state index is 0.322. The third-order valence-corrected chi connectivity index (χ3v) is 4.35. The Hall–Kier alpha value is -2.08. The van der Waals surface area contributed by atoms with Crippen LogP contribution in [0.2, 0.25) is 0 Å². The van der Waals surface area contributed by atoms with Crippen molar-refractivity contribution >= 4 is 11.5 Å². The highest BCUT2D eigenvalue weighted by atomic mass is 16.6. The Morgan fingerprint density at radius 3 is 2.65 bits per heavy atom. The normalized spacial score (nSPS) is 27.9. The van der Waals surface area contributed by atoms with Crippen LogP contribution in [0.4, 0.5) is 11.5 Å². The zero-order chi connectivity index (χ0) is 13.5. The lowest BCUT2D eigenvalue weighted by Gasteiger charge is -2.25. The number of nitrogen functional groups attached to an aromatic ring is 1. The topological polar surface area (TPSA) is 89.0 Å². The summed E-state index contributed by atoms with van der Waals surface area (Å²) in [6.45, 7) is 1.18. The zero-order valence-electron chi connectivity index (χ0n) is 11.0. The lowest BCUT2D eigenvalue weighted by molar-refractivity contribution is 0.310. The Morgan fingerprint density at radius 1 is 1.20 bits per heavy atom. The Morgan fingerprint density at radius 2 is 2.05 bits per heavy atom.